The van der Waals surface area contributed by atoms with Crippen LogP contribution in [-0.4, -0.2) is 36.5 Å². The van der Waals surface area contributed by atoms with Crippen LogP contribution in [0.4, 0.5) is 18.0 Å². The number of esters is 1. The molecule has 0 unspecified atom stereocenters. The van der Waals surface area contributed by atoms with Gasteiger partial charge in [-0.1, -0.05) is 19.9 Å². The number of nitrogens with one attached hydrogen (secondary N) is 1. The van der Waals surface area contributed by atoms with Crippen molar-refractivity contribution in [1.82, 2.24) is 5.32 Å². The minimum Gasteiger partial charge on any atom is -0.455 e. The minimum atomic E-state index is -5.01. The molecular weight excluding hydrogens is 303 g/mol. The SMILES string of the molecule is CC(C)[C@@H](/C=C/COC(=O)C(F)(F)F)NC(=O)OC(C)(C)C. The van der Waals surface area contributed by atoms with Gasteiger partial charge in [0.15, 0.2) is 0 Å². The second-order valence-electron chi connectivity index (χ2n) is 5.94. The summed E-state index contributed by atoms with van der Waals surface area (Å²) in [4.78, 5) is 22.2. The van der Waals surface area contributed by atoms with Crippen molar-refractivity contribution in [2.24, 2.45) is 5.92 Å². The van der Waals surface area contributed by atoms with Crippen LogP contribution < -0.4 is 5.32 Å². The molecule has 0 aliphatic heterocycles. The van der Waals surface area contributed by atoms with E-state index in [0.29, 0.717) is 0 Å². The van der Waals surface area contributed by atoms with Gasteiger partial charge in [0.2, 0.25) is 0 Å². The van der Waals surface area contributed by atoms with Gasteiger partial charge in [0.05, 0.1) is 6.04 Å². The maximum Gasteiger partial charge on any atom is 0.490 e. The molecule has 0 saturated heterocycles. The molecule has 0 spiro atoms. The molecule has 128 valence electrons. The van der Waals surface area contributed by atoms with E-state index in [1.165, 1.54) is 12.2 Å². The Morgan fingerprint density at radius 2 is 1.73 bits per heavy atom. The zero-order valence-electron chi connectivity index (χ0n) is 13.3. The minimum absolute atomic E-state index is 0.0258. The Balaban J connectivity index is 4.45. The third-order valence-corrected chi connectivity index (χ3v) is 2.29. The van der Waals surface area contributed by atoms with E-state index < -0.39 is 36.5 Å². The molecule has 0 aromatic carbocycles. The molecule has 1 N–H and O–H groups in total. The monoisotopic (exact) mass is 325 g/mol. The van der Waals surface area contributed by atoms with E-state index in [9.17, 15) is 22.8 Å². The fourth-order valence-corrected chi connectivity index (χ4v) is 1.29. The van der Waals surface area contributed by atoms with Gasteiger partial charge in [-0.3, -0.25) is 0 Å². The molecule has 0 fully saturated rings. The molecule has 0 aliphatic carbocycles. The summed E-state index contributed by atoms with van der Waals surface area (Å²) in [7, 11) is 0. The van der Waals surface area contributed by atoms with E-state index in [1.807, 2.05) is 13.8 Å². The van der Waals surface area contributed by atoms with Crippen LogP contribution >= 0.6 is 0 Å². The third kappa shape index (κ3) is 9.25. The molecule has 5 nitrogen and oxygen atoms in total. The molecule has 8 heteroatoms. The number of alkyl halides is 3. The summed E-state index contributed by atoms with van der Waals surface area (Å²) in [5.74, 6) is -2.28. The summed E-state index contributed by atoms with van der Waals surface area (Å²) in [6.45, 7) is 8.23. The fraction of sp³-hybridized carbons (Fsp3) is 0.714. The summed E-state index contributed by atoms with van der Waals surface area (Å²) in [5, 5.41) is 2.58. The van der Waals surface area contributed by atoms with Crippen LogP contribution in [0.3, 0.4) is 0 Å². The van der Waals surface area contributed by atoms with Gasteiger partial charge in [-0.15, -0.1) is 0 Å². The lowest BCUT2D eigenvalue weighted by molar-refractivity contribution is -0.198. The first-order chi connectivity index (χ1) is 9.83. The largest absolute Gasteiger partial charge is 0.490 e. The summed E-state index contributed by atoms with van der Waals surface area (Å²) >= 11 is 0. The first-order valence-corrected chi connectivity index (χ1v) is 6.73. The van der Waals surface area contributed by atoms with Crippen molar-refractivity contribution in [2.45, 2.75) is 52.4 Å². The second kappa shape index (κ2) is 8.05. The maximum atomic E-state index is 11.9. The Hall–Kier alpha value is -1.73. The summed E-state index contributed by atoms with van der Waals surface area (Å²) in [6, 6.07) is -0.459. The first kappa shape index (κ1) is 20.3. The van der Waals surface area contributed by atoms with Gasteiger partial charge in [0, 0.05) is 0 Å². The summed E-state index contributed by atoms with van der Waals surface area (Å²) < 4.78 is 44.9. The molecule has 0 heterocycles. The number of alkyl carbamates (subject to hydrolysis) is 1. The van der Waals surface area contributed by atoms with E-state index in [2.05, 4.69) is 10.1 Å². The van der Waals surface area contributed by atoms with Crippen molar-refractivity contribution >= 4 is 12.1 Å². The van der Waals surface area contributed by atoms with Crippen LogP contribution in [0.15, 0.2) is 12.2 Å². The average molecular weight is 325 g/mol. The Morgan fingerprint density at radius 3 is 2.14 bits per heavy atom. The number of hydrogen-bond donors (Lipinski definition) is 1. The normalized spacial score (nSPS) is 14.0. The van der Waals surface area contributed by atoms with E-state index >= 15 is 0 Å². The third-order valence-electron chi connectivity index (χ3n) is 2.29. The first-order valence-electron chi connectivity index (χ1n) is 6.73. The fourth-order valence-electron chi connectivity index (χ4n) is 1.29. The Labute approximate surface area is 127 Å². The van der Waals surface area contributed by atoms with E-state index in [1.54, 1.807) is 20.8 Å². The van der Waals surface area contributed by atoms with Gasteiger partial charge in [0.25, 0.3) is 0 Å². The Kier molecular flexibility index (Phi) is 7.42. The zero-order valence-corrected chi connectivity index (χ0v) is 13.3. The molecule has 0 rings (SSSR count). The summed E-state index contributed by atoms with van der Waals surface area (Å²) in [5.41, 5.74) is -0.655. The lowest BCUT2D eigenvalue weighted by Gasteiger charge is -2.24. The second-order valence-corrected chi connectivity index (χ2v) is 5.94. The van der Waals surface area contributed by atoms with Gasteiger partial charge >= 0.3 is 18.2 Å². The number of carbonyl (C=O) groups is 2. The maximum absolute atomic E-state index is 11.9. The summed E-state index contributed by atoms with van der Waals surface area (Å²) in [6.07, 6.45) is -2.95. The number of carbonyl (C=O) groups excluding carboxylic acids is 2. The standard InChI is InChI=1S/C14H22F3NO4/c1-9(2)10(18-12(20)22-13(3,4)5)7-6-8-21-11(19)14(15,16)17/h6-7,9-10H,8H2,1-5H3,(H,18,20)/b7-6+/t10-/m1/s1. The van der Waals surface area contributed by atoms with E-state index in [0.717, 1.165) is 0 Å². The van der Waals surface area contributed by atoms with Crippen LogP contribution in [0.5, 0.6) is 0 Å². The molecule has 0 aliphatic rings. The molecule has 0 bridgehead atoms. The van der Waals surface area contributed by atoms with Crippen LogP contribution in [0.2, 0.25) is 0 Å². The Morgan fingerprint density at radius 1 is 1.18 bits per heavy atom. The van der Waals surface area contributed by atoms with Crippen LogP contribution in [0, 0.1) is 5.92 Å². The number of rotatable bonds is 5. The van der Waals surface area contributed by atoms with Gasteiger partial charge in [0.1, 0.15) is 12.2 Å². The smallest absolute Gasteiger partial charge is 0.455 e. The highest BCUT2D eigenvalue weighted by Gasteiger charge is 2.40. The predicted octanol–water partition coefficient (Wildman–Crippen LogP) is 3.20. The highest BCUT2D eigenvalue weighted by atomic mass is 19.4. The Bertz CT molecular complexity index is 411. The quantitative estimate of drug-likeness (QED) is 0.623. The van der Waals surface area contributed by atoms with Gasteiger partial charge < -0.3 is 14.8 Å². The molecule has 1 atom stereocenters. The van der Waals surface area contributed by atoms with Gasteiger partial charge in [-0.05, 0) is 32.8 Å². The van der Waals surface area contributed by atoms with Crippen molar-refractivity contribution in [1.29, 1.82) is 0 Å². The van der Waals surface area contributed by atoms with Crippen LogP contribution in [0.1, 0.15) is 34.6 Å². The zero-order chi connectivity index (χ0) is 17.6. The van der Waals surface area contributed by atoms with Crippen LogP contribution in [0.25, 0.3) is 0 Å². The number of hydrogen-bond acceptors (Lipinski definition) is 4. The molecule has 0 saturated carbocycles. The van der Waals surface area contributed by atoms with Crippen molar-refractivity contribution in [2.75, 3.05) is 6.61 Å². The average Bonchev–Trinajstić information content (AvgIpc) is 2.28. The van der Waals surface area contributed by atoms with Crippen molar-refractivity contribution in [3.8, 4) is 0 Å². The number of amides is 1. The van der Waals surface area contributed by atoms with Crippen molar-refractivity contribution in [3.63, 3.8) is 0 Å². The molecule has 0 aromatic heterocycles. The van der Waals surface area contributed by atoms with Gasteiger partial charge in [-0.2, -0.15) is 13.2 Å². The lowest BCUT2D eigenvalue weighted by atomic mass is 10.0. The molecular formula is C14H22F3NO4. The van der Waals surface area contributed by atoms with Crippen molar-refractivity contribution in [3.05, 3.63) is 12.2 Å². The van der Waals surface area contributed by atoms with E-state index in [-0.39, 0.29) is 5.92 Å². The molecule has 0 aromatic rings. The van der Waals surface area contributed by atoms with Crippen LogP contribution in [-0.2, 0) is 14.3 Å². The topological polar surface area (TPSA) is 64.6 Å². The number of halogens is 3. The van der Waals surface area contributed by atoms with E-state index in [4.69, 9.17) is 4.74 Å². The molecule has 0 radical (unpaired) electrons. The molecule has 22 heavy (non-hydrogen) atoms. The van der Waals surface area contributed by atoms with Gasteiger partial charge in [-0.25, -0.2) is 9.59 Å². The number of ether oxygens (including phenoxy) is 2. The van der Waals surface area contributed by atoms with Crippen molar-refractivity contribution < 1.29 is 32.2 Å². The molecule has 1 amide bonds. The highest BCUT2D eigenvalue weighted by Crippen LogP contribution is 2.16. The lowest BCUT2D eigenvalue weighted by Crippen LogP contribution is -2.40. The predicted molar refractivity (Wildman–Crippen MR) is 74.1 cm³/mol. The highest BCUT2D eigenvalue weighted by molar-refractivity contribution is 5.75.